The fraction of sp³-hybridized carbons (Fsp3) is 0.318. The van der Waals surface area contributed by atoms with Crippen molar-refractivity contribution in [3.8, 4) is 0 Å². The Labute approximate surface area is 185 Å². The minimum atomic E-state index is -0.256. The molecule has 0 spiro atoms. The van der Waals surface area contributed by atoms with Crippen LogP contribution in [0.4, 0.5) is 11.4 Å². The van der Waals surface area contributed by atoms with E-state index < -0.39 is 0 Å². The highest BCUT2D eigenvalue weighted by molar-refractivity contribution is 9.12. The SMILES string of the molecule is O=C(Nc1cccc(N2C(=O)[C@@H]3[C@H]4C[C@@H]([C@@H](Br)[C@H]4Br)[C@H]3C2=O)c1)c1ccccc1. The van der Waals surface area contributed by atoms with Crippen LogP contribution in [0.15, 0.2) is 54.6 Å². The Kier molecular flexibility index (Phi) is 4.62. The molecule has 148 valence electrons. The highest BCUT2D eigenvalue weighted by Gasteiger charge is 2.66. The number of halogens is 2. The third-order valence-electron chi connectivity index (χ3n) is 6.39. The Bertz CT molecular complexity index is 980. The first-order chi connectivity index (χ1) is 14.0. The lowest BCUT2D eigenvalue weighted by atomic mass is 9.81. The lowest BCUT2D eigenvalue weighted by Gasteiger charge is -2.28. The van der Waals surface area contributed by atoms with E-state index >= 15 is 0 Å². The average Bonchev–Trinajstić information content (AvgIpc) is 3.33. The average molecular weight is 518 g/mol. The van der Waals surface area contributed by atoms with E-state index in [1.54, 1.807) is 48.5 Å². The van der Waals surface area contributed by atoms with Gasteiger partial charge in [0.05, 0.1) is 17.5 Å². The quantitative estimate of drug-likeness (QED) is 0.489. The van der Waals surface area contributed by atoms with Crippen LogP contribution < -0.4 is 10.2 Å². The minimum Gasteiger partial charge on any atom is -0.322 e. The van der Waals surface area contributed by atoms with Crippen molar-refractivity contribution in [3.63, 3.8) is 0 Å². The van der Waals surface area contributed by atoms with Gasteiger partial charge in [0.2, 0.25) is 11.8 Å². The van der Waals surface area contributed by atoms with E-state index in [9.17, 15) is 14.4 Å². The monoisotopic (exact) mass is 516 g/mol. The number of anilines is 2. The molecule has 2 aromatic carbocycles. The van der Waals surface area contributed by atoms with Crippen molar-refractivity contribution in [1.29, 1.82) is 0 Å². The summed E-state index contributed by atoms with van der Waals surface area (Å²) in [7, 11) is 0. The highest BCUT2D eigenvalue weighted by Crippen LogP contribution is 2.60. The first-order valence-corrected chi connectivity index (χ1v) is 11.4. The van der Waals surface area contributed by atoms with Crippen molar-refractivity contribution in [2.45, 2.75) is 16.1 Å². The molecule has 0 radical (unpaired) electrons. The Morgan fingerprint density at radius 1 is 0.897 bits per heavy atom. The molecule has 7 heteroatoms. The molecule has 1 heterocycles. The summed E-state index contributed by atoms with van der Waals surface area (Å²) < 4.78 is 0. The maximum atomic E-state index is 13.2. The molecule has 29 heavy (non-hydrogen) atoms. The fourth-order valence-corrected chi connectivity index (χ4v) is 6.99. The zero-order valence-corrected chi connectivity index (χ0v) is 18.5. The molecule has 0 unspecified atom stereocenters. The Morgan fingerprint density at radius 3 is 2.14 bits per heavy atom. The summed E-state index contributed by atoms with van der Waals surface area (Å²) in [6, 6.07) is 15.9. The number of hydrogen-bond acceptors (Lipinski definition) is 3. The predicted octanol–water partition coefficient (Wildman–Crippen LogP) is 4.22. The second-order valence-corrected chi connectivity index (χ2v) is 10.0. The van der Waals surface area contributed by atoms with E-state index in [1.165, 1.54) is 4.90 Å². The molecule has 1 saturated heterocycles. The largest absolute Gasteiger partial charge is 0.322 e. The number of benzene rings is 2. The summed E-state index contributed by atoms with van der Waals surface area (Å²) >= 11 is 7.41. The highest BCUT2D eigenvalue weighted by atomic mass is 79.9. The molecule has 6 atom stereocenters. The molecule has 3 amide bonds. The van der Waals surface area contributed by atoms with Crippen LogP contribution in [-0.4, -0.2) is 27.4 Å². The Balaban J connectivity index is 1.41. The van der Waals surface area contributed by atoms with Gasteiger partial charge in [-0.05, 0) is 48.6 Å². The molecule has 2 bridgehead atoms. The number of nitrogens with zero attached hydrogens (tertiary/aromatic N) is 1. The smallest absolute Gasteiger partial charge is 0.255 e. The number of imide groups is 1. The minimum absolute atomic E-state index is 0.122. The van der Waals surface area contributed by atoms with Gasteiger partial charge in [0.25, 0.3) is 5.91 Å². The second-order valence-electron chi connectivity index (χ2n) is 7.89. The van der Waals surface area contributed by atoms with Gasteiger partial charge in [-0.3, -0.25) is 14.4 Å². The molecule has 2 saturated carbocycles. The number of hydrogen-bond donors (Lipinski definition) is 1. The predicted molar refractivity (Wildman–Crippen MR) is 117 cm³/mol. The van der Waals surface area contributed by atoms with E-state index in [1.807, 2.05) is 6.07 Å². The second kappa shape index (κ2) is 7.06. The maximum Gasteiger partial charge on any atom is 0.255 e. The van der Waals surface area contributed by atoms with Crippen LogP contribution in [-0.2, 0) is 9.59 Å². The van der Waals surface area contributed by atoms with Crippen molar-refractivity contribution in [2.75, 3.05) is 10.2 Å². The molecule has 2 aliphatic carbocycles. The van der Waals surface area contributed by atoms with Gasteiger partial charge in [-0.2, -0.15) is 0 Å². The van der Waals surface area contributed by atoms with Gasteiger partial charge in [-0.1, -0.05) is 56.1 Å². The number of alkyl halides is 2. The molecule has 2 aromatic rings. The van der Waals surface area contributed by atoms with E-state index in [2.05, 4.69) is 37.2 Å². The standard InChI is InChI=1S/C22H18Br2N2O3/c23-18-14-10-15(19(18)24)17-16(14)21(28)26(22(17)29)13-8-4-7-12(9-13)25-20(27)11-5-2-1-3-6-11/h1-9,14-19H,10H2,(H,25,27)/t14-,15-,16-,17-,18-,19+/m1/s1. The first kappa shape index (κ1) is 19.0. The zero-order valence-electron chi connectivity index (χ0n) is 15.3. The summed E-state index contributed by atoms with van der Waals surface area (Å²) in [6.07, 6.45) is 0.902. The van der Waals surface area contributed by atoms with Crippen molar-refractivity contribution in [1.82, 2.24) is 0 Å². The van der Waals surface area contributed by atoms with E-state index in [0.717, 1.165) is 6.42 Å². The molecule has 3 aliphatic rings. The van der Waals surface area contributed by atoms with Crippen LogP contribution in [0.3, 0.4) is 0 Å². The van der Waals surface area contributed by atoms with Crippen LogP contribution in [0, 0.1) is 23.7 Å². The molecule has 1 N–H and O–H groups in total. The van der Waals surface area contributed by atoms with Gasteiger partial charge in [-0.25, -0.2) is 4.90 Å². The zero-order chi connectivity index (χ0) is 20.3. The molecule has 5 nitrogen and oxygen atoms in total. The lowest BCUT2D eigenvalue weighted by molar-refractivity contribution is -0.123. The van der Waals surface area contributed by atoms with Crippen molar-refractivity contribution in [2.24, 2.45) is 23.7 Å². The van der Waals surface area contributed by atoms with E-state index in [4.69, 9.17) is 0 Å². The number of rotatable bonds is 3. The van der Waals surface area contributed by atoms with Crippen LogP contribution in [0.5, 0.6) is 0 Å². The summed E-state index contributed by atoms with van der Waals surface area (Å²) in [4.78, 5) is 40.5. The van der Waals surface area contributed by atoms with Crippen molar-refractivity contribution >= 4 is 61.0 Å². The topological polar surface area (TPSA) is 66.5 Å². The molecule has 3 fully saturated rings. The fourth-order valence-electron chi connectivity index (χ4n) is 5.12. The van der Waals surface area contributed by atoms with Gasteiger partial charge in [0.15, 0.2) is 0 Å². The van der Waals surface area contributed by atoms with Crippen LogP contribution >= 0.6 is 31.9 Å². The van der Waals surface area contributed by atoms with Gasteiger partial charge >= 0.3 is 0 Å². The molecular weight excluding hydrogens is 500 g/mol. The van der Waals surface area contributed by atoms with E-state index in [-0.39, 0.29) is 51.0 Å². The maximum absolute atomic E-state index is 13.2. The third kappa shape index (κ3) is 2.89. The summed E-state index contributed by atoms with van der Waals surface area (Å²) in [5, 5.41) is 2.84. The van der Waals surface area contributed by atoms with Crippen molar-refractivity contribution < 1.29 is 14.4 Å². The molecule has 5 rings (SSSR count). The van der Waals surface area contributed by atoms with Gasteiger partial charge in [0.1, 0.15) is 0 Å². The number of fused-ring (bicyclic) bond motifs is 5. The number of amides is 3. The third-order valence-corrected chi connectivity index (χ3v) is 9.59. The van der Waals surface area contributed by atoms with Crippen molar-refractivity contribution in [3.05, 3.63) is 60.2 Å². The van der Waals surface area contributed by atoms with Crippen LogP contribution in [0.25, 0.3) is 0 Å². The Morgan fingerprint density at radius 2 is 1.52 bits per heavy atom. The summed E-state index contributed by atoms with van der Waals surface area (Å²) in [5.41, 5.74) is 1.61. The van der Waals surface area contributed by atoms with Gasteiger partial charge < -0.3 is 5.32 Å². The molecular formula is C22H18Br2N2O3. The van der Waals surface area contributed by atoms with E-state index in [0.29, 0.717) is 16.9 Å². The lowest BCUT2D eigenvalue weighted by Crippen LogP contribution is -2.37. The number of carbonyl (C=O) groups excluding carboxylic acids is 3. The number of carbonyl (C=O) groups is 3. The first-order valence-electron chi connectivity index (χ1n) is 9.60. The molecule has 0 aromatic heterocycles. The van der Waals surface area contributed by atoms with Gasteiger partial charge in [-0.15, -0.1) is 0 Å². The van der Waals surface area contributed by atoms with Crippen LogP contribution in [0.2, 0.25) is 0 Å². The Hall–Kier alpha value is -1.99. The van der Waals surface area contributed by atoms with Crippen LogP contribution in [0.1, 0.15) is 16.8 Å². The summed E-state index contributed by atoms with van der Waals surface area (Å²) in [5.74, 6) is -0.637. The molecule has 1 aliphatic heterocycles. The van der Waals surface area contributed by atoms with Gasteiger partial charge in [0, 0.05) is 20.9 Å². The number of nitrogens with one attached hydrogen (secondary N) is 1. The normalized spacial score (nSPS) is 32.6. The summed E-state index contributed by atoms with van der Waals surface area (Å²) in [6.45, 7) is 0.